The van der Waals surface area contributed by atoms with E-state index in [0.29, 0.717) is 6.42 Å². The molecule has 7 nitrogen and oxygen atoms in total. The predicted octanol–water partition coefficient (Wildman–Crippen LogP) is 3.07. The number of hydrogen-bond donors (Lipinski definition) is 2. The summed E-state index contributed by atoms with van der Waals surface area (Å²) in [4.78, 5) is 11.5. The zero-order valence-electron chi connectivity index (χ0n) is 19.6. The van der Waals surface area contributed by atoms with Crippen LogP contribution in [0.15, 0.2) is 27.6 Å². The Morgan fingerprint density at radius 1 is 1.03 bits per heavy atom. The Hall–Kier alpha value is -1.25. The van der Waals surface area contributed by atoms with Crippen LogP contribution >= 0.6 is 0 Å². The van der Waals surface area contributed by atoms with Gasteiger partial charge in [-0.25, -0.2) is 4.79 Å². The summed E-state index contributed by atoms with van der Waals surface area (Å²) < 4.78 is 24.2. The highest BCUT2D eigenvalue weighted by Crippen LogP contribution is 2.74. The molecule has 4 bridgehead atoms. The first-order valence-electron chi connectivity index (χ1n) is 12.6. The number of aliphatic hydroxyl groups is 2. The van der Waals surface area contributed by atoms with Gasteiger partial charge in [-0.1, -0.05) is 13.8 Å². The lowest BCUT2D eigenvalue weighted by molar-refractivity contribution is -0.548. The van der Waals surface area contributed by atoms with Gasteiger partial charge < -0.3 is 28.8 Å². The highest BCUT2D eigenvalue weighted by molar-refractivity contribution is 5.31. The maximum Gasteiger partial charge on any atom is 0.335 e. The Morgan fingerprint density at radius 3 is 2.55 bits per heavy atom. The van der Waals surface area contributed by atoms with Gasteiger partial charge in [-0.05, 0) is 49.1 Å². The smallest absolute Gasteiger partial charge is 0.335 e. The molecule has 1 spiro atoms. The molecule has 7 aliphatic rings. The topological polar surface area (TPSA) is 98.4 Å². The minimum absolute atomic E-state index is 0.0510. The zero-order chi connectivity index (χ0) is 23.0. The maximum absolute atomic E-state index is 12.4. The van der Waals surface area contributed by atoms with Crippen molar-refractivity contribution >= 4 is 0 Å². The number of aliphatic hydroxyl groups excluding tert-OH is 1. The average Bonchev–Trinajstić information content (AvgIpc) is 2.94. The second kappa shape index (κ2) is 6.11. The van der Waals surface area contributed by atoms with Gasteiger partial charge in [0.2, 0.25) is 0 Å². The van der Waals surface area contributed by atoms with Crippen molar-refractivity contribution in [3.05, 3.63) is 34.4 Å². The Bertz CT molecular complexity index is 1050. The molecule has 1 aromatic heterocycles. The van der Waals surface area contributed by atoms with Crippen molar-refractivity contribution in [3.63, 3.8) is 0 Å². The van der Waals surface area contributed by atoms with E-state index >= 15 is 0 Å². The molecule has 1 aromatic rings. The monoisotopic (exact) mass is 458 g/mol. The van der Waals surface area contributed by atoms with Crippen LogP contribution in [-0.2, 0) is 14.2 Å². The molecule has 0 amide bonds. The molecule has 33 heavy (non-hydrogen) atoms. The third kappa shape index (κ3) is 2.32. The van der Waals surface area contributed by atoms with Gasteiger partial charge in [-0.15, -0.1) is 0 Å². The van der Waals surface area contributed by atoms with Gasteiger partial charge in [-0.3, -0.25) is 0 Å². The van der Waals surface area contributed by atoms with E-state index in [2.05, 4.69) is 13.8 Å². The van der Waals surface area contributed by atoms with Crippen LogP contribution in [0.2, 0.25) is 0 Å². The SMILES string of the molecule is C[C@@]12O[C@H]3C[C@@H](O1)[C@]1(C)[C@H]4CC[C@]5(C)[C@@H](c6ccc(=O)oc6)[C@@H](O)C[C@]5(O)[C@@H]4CC[C@@]1(C3)O2. The summed E-state index contributed by atoms with van der Waals surface area (Å²) in [6.07, 6.45) is 6.61. The van der Waals surface area contributed by atoms with Crippen molar-refractivity contribution < 1.29 is 28.8 Å². The molecule has 0 radical (unpaired) electrons. The molecule has 11 atom stereocenters. The minimum atomic E-state index is -1.00. The first kappa shape index (κ1) is 21.1. The molecular weight excluding hydrogens is 424 g/mol. The Kier molecular flexibility index (Phi) is 3.90. The van der Waals surface area contributed by atoms with Crippen LogP contribution in [0.4, 0.5) is 0 Å². The Labute approximate surface area is 193 Å². The molecule has 8 rings (SSSR count). The zero-order valence-corrected chi connectivity index (χ0v) is 19.6. The van der Waals surface area contributed by atoms with E-state index in [-0.39, 0.29) is 41.0 Å². The van der Waals surface area contributed by atoms with Crippen LogP contribution in [0.25, 0.3) is 0 Å². The van der Waals surface area contributed by atoms with E-state index in [0.717, 1.165) is 44.1 Å². The van der Waals surface area contributed by atoms with Crippen molar-refractivity contribution in [2.45, 2.75) is 107 Å². The summed E-state index contributed by atoms with van der Waals surface area (Å²) >= 11 is 0. The molecule has 0 unspecified atom stereocenters. The number of hydrogen-bond acceptors (Lipinski definition) is 7. The fourth-order valence-corrected chi connectivity index (χ4v) is 9.83. The fourth-order valence-electron chi connectivity index (χ4n) is 9.83. The molecule has 180 valence electrons. The number of fused-ring (bicyclic) bond motifs is 3. The van der Waals surface area contributed by atoms with Gasteiger partial charge in [0.05, 0.1) is 35.8 Å². The van der Waals surface area contributed by atoms with Crippen molar-refractivity contribution in [1.29, 1.82) is 0 Å². The van der Waals surface area contributed by atoms with Crippen LogP contribution in [0.5, 0.6) is 0 Å². The summed E-state index contributed by atoms with van der Waals surface area (Å²) in [5.74, 6) is -0.919. The summed E-state index contributed by atoms with van der Waals surface area (Å²) in [5, 5.41) is 23.7. The maximum atomic E-state index is 12.4. The molecule has 4 saturated carbocycles. The van der Waals surface area contributed by atoms with E-state index in [9.17, 15) is 15.0 Å². The molecule has 4 aliphatic carbocycles. The summed E-state index contributed by atoms with van der Waals surface area (Å²) in [7, 11) is 0. The van der Waals surface area contributed by atoms with Crippen molar-refractivity contribution in [1.82, 2.24) is 0 Å². The molecule has 2 N–H and O–H groups in total. The lowest BCUT2D eigenvalue weighted by atomic mass is 9.40. The van der Waals surface area contributed by atoms with Gasteiger partial charge in [0.15, 0.2) is 0 Å². The van der Waals surface area contributed by atoms with Crippen molar-refractivity contribution in [2.75, 3.05) is 0 Å². The van der Waals surface area contributed by atoms with Crippen LogP contribution in [0.1, 0.15) is 77.2 Å². The van der Waals surface area contributed by atoms with Gasteiger partial charge in [0.1, 0.15) is 0 Å². The first-order valence-corrected chi connectivity index (χ1v) is 12.6. The molecule has 4 heterocycles. The van der Waals surface area contributed by atoms with Gasteiger partial charge in [0, 0.05) is 49.0 Å². The van der Waals surface area contributed by atoms with Crippen molar-refractivity contribution in [3.8, 4) is 0 Å². The number of ether oxygens (including phenoxy) is 3. The molecule has 0 aromatic carbocycles. The highest BCUT2D eigenvalue weighted by Gasteiger charge is 2.78. The third-order valence-electron chi connectivity index (χ3n) is 11.2. The highest BCUT2D eigenvalue weighted by atomic mass is 16.9. The van der Waals surface area contributed by atoms with Gasteiger partial charge in [0.25, 0.3) is 5.97 Å². The number of rotatable bonds is 1. The standard InChI is InChI=1S/C26H34O7/c1-22-8-6-16-17(26(22,29)12-18(27)21(22)14-4-5-20(28)30-13-14)7-9-25-11-15-10-19(23(16,25)2)32-24(3,31-15)33-25/h4-5,13,15-19,21,27,29H,6-12H2,1-3H3/t15-,16-,17+,18-,19+,21-,22+,23-,24+,25-,26-/m0/s1. The lowest BCUT2D eigenvalue weighted by Gasteiger charge is -2.74. The quantitative estimate of drug-likeness (QED) is 0.667. The third-order valence-corrected chi connectivity index (χ3v) is 11.2. The first-order chi connectivity index (χ1) is 15.5. The second-order valence-electron chi connectivity index (χ2n) is 12.3. The van der Waals surface area contributed by atoms with Crippen LogP contribution in [0.3, 0.4) is 0 Å². The Balaban J connectivity index is 1.29. The molecule has 3 saturated heterocycles. The molecular formula is C26H34O7. The van der Waals surface area contributed by atoms with Crippen LogP contribution in [0, 0.1) is 22.7 Å². The molecule has 7 heteroatoms. The van der Waals surface area contributed by atoms with E-state index in [1.165, 1.54) is 12.3 Å². The van der Waals surface area contributed by atoms with Gasteiger partial charge in [-0.2, -0.15) is 0 Å². The lowest BCUT2D eigenvalue weighted by Crippen LogP contribution is -2.79. The van der Waals surface area contributed by atoms with Gasteiger partial charge >= 0.3 is 5.63 Å². The summed E-state index contributed by atoms with van der Waals surface area (Å²) in [6.45, 7) is 6.36. The summed E-state index contributed by atoms with van der Waals surface area (Å²) in [5.41, 5.74) is -1.59. The van der Waals surface area contributed by atoms with Crippen LogP contribution in [-0.4, -0.2) is 45.7 Å². The van der Waals surface area contributed by atoms with E-state index < -0.39 is 28.7 Å². The normalized spacial score (nSPS) is 58.6. The molecule has 7 fully saturated rings. The average molecular weight is 459 g/mol. The van der Waals surface area contributed by atoms with E-state index in [4.69, 9.17) is 18.6 Å². The molecule has 3 aliphatic heterocycles. The van der Waals surface area contributed by atoms with Crippen molar-refractivity contribution in [2.24, 2.45) is 22.7 Å². The Morgan fingerprint density at radius 2 is 1.82 bits per heavy atom. The second-order valence-corrected chi connectivity index (χ2v) is 12.3. The fraction of sp³-hybridized carbons (Fsp3) is 0.808. The minimum Gasteiger partial charge on any atom is -0.431 e. The predicted molar refractivity (Wildman–Crippen MR) is 116 cm³/mol. The van der Waals surface area contributed by atoms with Crippen LogP contribution < -0.4 is 5.63 Å². The largest absolute Gasteiger partial charge is 0.431 e. The van der Waals surface area contributed by atoms with E-state index in [1.54, 1.807) is 6.07 Å². The van der Waals surface area contributed by atoms with E-state index in [1.807, 2.05) is 6.92 Å². The summed E-state index contributed by atoms with van der Waals surface area (Å²) in [6, 6.07) is 3.16.